The highest BCUT2D eigenvalue weighted by Gasteiger charge is 2.34. The molecule has 5 rings (SSSR count). The number of carbonyl (C=O) groups excluding carboxylic acids is 2. The molecule has 3 aromatic rings. The van der Waals surface area contributed by atoms with E-state index >= 15 is 0 Å². The Morgan fingerprint density at radius 1 is 1.03 bits per heavy atom. The van der Waals surface area contributed by atoms with Crippen molar-refractivity contribution in [2.24, 2.45) is 0 Å². The zero-order valence-corrected chi connectivity index (χ0v) is 22.0. The zero-order chi connectivity index (χ0) is 25.8. The summed E-state index contributed by atoms with van der Waals surface area (Å²) in [6.07, 6.45) is 11.5. The lowest BCUT2D eigenvalue weighted by Gasteiger charge is -2.37. The average Bonchev–Trinajstić information content (AvgIpc) is 3.35. The fourth-order valence-electron chi connectivity index (χ4n) is 5.90. The number of hydrogen-bond donors (Lipinski definition) is 1. The number of piperazine rings is 1. The van der Waals surface area contributed by atoms with E-state index in [0.29, 0.717) is 29.6 Å². The maximum absolute atomic E-state index is 13.4. The van der Waals surface area contributed by atoms with Gasteiger partial charge >= 0.3 is 0 Å². The van der Waals surface area contributed by atoms with Gasteiger partial charge in [0, 0.05) is 62.8 Å². The Bertz CT molecular complexity index is 1220. The number of nitrogens with one attached hydrogen (secondary N) is 1. The Kier molecular flexibility index (Phi) is 7.55. The Hall–Kier alpha value is -3.26. The molecule has 0 unspecified atom stereocenters. The topological polar surface area (TPSA) is 82.8 Å². The first-order chi connectivity index (χ1) is 17.9. The Balaban J connectivity index is 1.28. The molecule has 0 radical (unpaired) electrons. The Morgan fingerprint density at radius 3 is 2.51 bits per heavy atom. The van der Waals surface area contributed by atoms with E-state index < -0.39 is 0 Å². The van der Waals surface area contributed by atoms with Gasteiger partial charge in [0.2, 0.25) is 5.91 Å². The summed E-state index contributed by atoms with van der Waals surface area (Å²) in [6.45, 7) is 8.26. The number of aromatic nitrogens is 3. The van der Waals surface area contributed by atoms with Crippen molar-refractivity contribution in [2.45, 2.75) is 63.8 Å². The number of imidazole rings is 1. The molecule has 2 amide bonds. The van der Waals surface area contributed by atoms with Gasteiger partial charge < -0.3 is 10.2 Å². The van der Waals surface area contributed by atoms with Crippen molar-refractivity contribution in [1.29, 1.82) is 0 Å². The van der Waals surface area contributed by atoms with Crippen molar-refractivity contribution in [2.75, 3.05) is 32.7 Å². The van der Waals surface area contributed by atoms with Crippen molar-refractivity contribution in [1.82, 2.24) is 29.5 Å². The van der Waals surface area contributed by atoms with Crippen LogP contribution in [-0.2, 0) is 16.6 Å². The van der Waals surface area contributed by atoms with Gasteiger partial charge in [0.05, 0.1) is 12.1 Å². The summed E-state index contributed by atoms with van der Waals surface area (Å²) in [6, 6.07) is 10.2. The summed E-state index contributed by atoms with van der Waals surface area (Å²) < 4.78 is 1.81. The van der Waals surface area contributed by atoms with Crippen LogP contribution in [0.2, 0.25) is 0 Å². The molecule has 1 saturated carbocycles. The van der Waals surface area contributed by atoms with E-state index in [2.05, 4.69) is 40.1 Å². The van der Waals surface area contributed by atoms with E-state index in [4.69, 9.17) is 0 Å². The Morgan fingerprint density at radius 2 is 1.81 bits per heavy atom. The predicted octanol–water partition coefficient (Wildman–Crippen LogP) is 3.46. The van der Waals surface area contributed by atoms with Gasteiger partial charge in [-0.15, -0.1) is 0 Å². The molecule has 2 aliphatic rings. The van der Waals surface area contributed by atoms with E-state index in [9.17, 15) is 9.59 Å². The summed E-state index contributed by atoms with van der Waals surface area (Å²) in [5.41, 5.74) is 3.02. The molecular formula is C29H38N6O2. The molecule has 0 spiro atoms. The van der Waals surface area contributed by atoms with Crippen molar-refractivity contribution < 1.29 is 9.59 Å². The minimum atomic E-state index is -0.125. The molecule has 8 nitrogen and oxygen atoms in total. The molecule has 1 aliphatic heterocycles. The van der Waals surface area contributed by atoms with E-state index in [0.717, 1.165) is 51.9 Å². The number of fused-ring (bicyclic) bond motifs is 1. The third-order valence-electron chi connectivity index (χ3n) is 8.18. The van der Waals surface area contributed by atoms with Crippen LogP contribution in [0, 0.1) is 0 Å². The van der Waals surface area contributed by atoms with Crippen LogP contribution >= 0.6 is 0 Å². The van der Waals surface area contributed by atoms with E-state index in [-0.39, 0.29) is 23.7 Å². The van der Waals surface area contributed by atoms with Gasteiger partial charge in [-0.3, -0.25) is 23.9 Å². The minimum Gasteiger partial charge on any atom is -0.350 e. The largest absolute Gasteiger partial charge is 0.350 e. The molecule has 2 fully saturated rings. The number of rotatable bonds is 7. The number of hydrogen-bond acceptors (Lipinski definition) is 5. The number of pyridine rings is 2. The average molecular weight is 503 g/mol. The van der Waals surface area contributed by atoms with Gasteiger partial charge in [0.1, 0.15) is 11.3 Å². The van der Waals surface area contributed by atoms with Crippen molar-refractivity contribution in [3.8, 4) is 0 Å². The lowest BCUT2D eigenvalue weighted by molar-refractivity contribution is -0.132. The fraction of sp³-hybridized carbons (Fsp3) is 0.517. The molecule has 196 valence electrons. The molecule has 1 aliphatic carbocycles. The van der Waals surface area contributed by atoms with E-state index in [1.54, 1.807) is 6.20 Å². The lowest BCUT2D eigenvalue weighted by atomic mass is 9.70. The quantitative estimate of drug-likeness (QED) is 0.535. The van der Waals surface area contributed by atoms with Gasteiger partial charge in [-0.1, -0.05) is 31.4 Å². The minimum absolute atomic E-state index is 0.0812. The number of amides is 2. The monoisotopic (exact) mass is 502 g/mol. The van der Waals surface area contributed by atoms with Crippen LogP contribution in [0.3, 0.4) is 0 Å². The van der Waals surface area contributed by atoms with Crippen LogP contribution in [0.4, 0.5) is 0 Å². The van der Waals surface area contributed by atoms with Crippen molar-refractivity contribution in [3.05, 3.63) is 65.9 Å². The Labute approximate surface area is 219 Å². The van der Waals surface area contributed by atoms with Crippen LogP contribution in [0.1, 0.15) is 67.7 Å². The summed E-state index contributed by atoms with van der Waals surface area (Å²) >= 11 is 0. The number of nitrogens with zero attached hydrogens (tertiary/aromatic N) is 5. The molecule has 8 heteroatoms. The third-order valence-corrected chi connectivity index (χ3v) is 8.18. The molecule has 0 bridgehead atoms. The maximum Gasteiger partial charge on any atom is 0.268 e. The molecule has 1 N–H and O–H groups in total. The van der Waals surface area contributed by atoms with Crippen LogP contribution in [0.25, 0.3) is 5.65 Å². The smallest absolute Gasteiger partial charge is 0.268 e. The molecule has 3 aromatic heterocycles. The van der Waals surface area contributed by atoms with Gasteiger partial charge in [-0.05, 0) is 50.5 Å². The summed E-state index contributed by atoms with van der Waals surface area (Å²) in [5.74, 6) is -0.0342. The van der Waals surface area contributed by atoms with E-state index in [1.165, 1.54) is 12.0 Å². The highest BCUT2D eigenvalue weighted by atomic mass is 16.2. The zero-order valence-electron chi connectivity index (χ0n) is 22.0. The normalized spacial score (nSPS) is 18.3. The first-order valence-electron chi connectivity index (χ1n) is 13.6. The summed E-state index contributed by atoms with van der Waals surface area (Å²) in [7, 11) is 0. The molecule has 4 heterocycles. The molecule has 37 heavy (non-hydrogen) atoms. The highest BCUT2D eigenvalue weighted by Crippen LogP contribution is 2.38. The van der Waals surface area contributed by atoms with Gasteiger partial charge in [-0.2, -0.15) is 0 Å². The van der Waals surface area contributed by atoms with E-state index in [1.807, 2.05) is 46.0 Å². The molecule has 0 atom stereocenters. The first-order valence-corrected chi connectivity index (χ1v) is 13.6. The fourth-order valence-corrected chi connectivity index (χ4v) is 5.90. The van der Waals surface area contributed by atoms with Crippen LogP contribution in [0.5, 0.6) is 0 Å². The lowest BCUT2D eigenvalue weighted by Crippen LogP contribution is -2.51. The number of carbonyl (C=O) groups is 2. The van der Waals surface area contributed by atoms with Gasteiger partial charge in [-0.25, -0.2) is 4.98 Å². The standard InChI is InChI=1S/C29H38N6O2/c1-22(2)33-14-16-34(17-15-33)27(36)18-24-20-35-25(9-6-10-26(35)32-24)28(37)31-21-29(11-4-3-5-12-29)23-8-7-13-30-19-23/h6-10,13,19-20,22H,3-5,11-12,14-18,21H2,1-2H3,(H,31,37). The second-order valence-corrected chi connectivity index (χ2v) is 10.8. The predicted molar refractivity (Wildman–Crippen MR) is 144 cm³/mol. The SMILES string of the molecule is CC(C)N1CCN(C(=O)Cc2cn3c(C(=O)NCC4(c5cccnc5)CCCCC4)cccc3n2)CC1. The molecule has 0 aromatic carbocycles. The second-order valence-electron chi connectivity index (χ2n) is 10.8. The summed E-state index contributed by atoms with van der Waals surface area (Å²) in [5, 5.41) is 3.22. The van der Waals surface area contributed by atoms with Gasteiger partial charge in [0.15, 0.2) is 0 Å². The van der Waals surface area contributed by atoms with Crippen LogP contribution < -0.4 is 5.32 Å². The molecular weight excluding hydrogens is 464 g/mol. The summed E-state index contributed by atoms with van der Waals surface area (Å²) in [4.78, 5) is 39.7. The molecule has 1 saturated heterocycles. The second kappa shape index (κ2) is 11.0. The third kappa shape index (κ3) is 5.54. The van der Waals surface area contributed by atoms with Gasteiger partial charge in [0.25, 0.3) is 5.91 Å². The van der Waals surface area contributed by atoms with Crippen LogP contribution in [-0.4, -0.2) is 74.7 Å². The highest BCUT2D eigenvalue weighted by molar-refractivity contribution is 5.93. The first kappa shape index (κ1) is 25.4. The van der Waals surface area contributed by atoms with Crippen molar-refractivity contribution in [3.63, 3.8) is 0 Å². The maximum atomic E-state index is 13.4. The van der Waals surface area contributed by atoms with Crippen molar-refractivity contribution >= 4 is 17.5 Å². The van der Waals surface area contributed by atoms with Crippen LogP contribution in [0.15, 0.2) is 48.9 Å².